The van der Waals surface area contributed by atoms with Gasteiger partial charge < -0.3 is 4.55 Å². The quantitative estimate of drug-likeness (QED) is 0.593. The van der Waals surface area contributed by atoms with Crippen LogP contribution in [-0.4, -0.2) is 24.1 Å². The third kappa shape index (κ3) is 3.21. The van der Waals surface area contributed by atoms with Crippen LogP contribution in [-0.2, 0) is 11.3 Å². The molecule has 0 fully saturated rings. The molecule has 0 radical (unpaired) electrons. The summed E-state index contributed by atoms with van der Waals surface area (Å²) in [6.07, 6.45) is 0. The lowest BCUT2D eigenvalue weighted by atomic mass is 10.0. The van der Waals surface area contributed by atoms with Crippen molar-refractivity contribution in [3.05, 3.63) is 0 Å². The SMILES string of the molecule is CC(C)(C)N(S(=O)[O-])C(C)(C)C. The summed E-state index contributed by atoms with van der Waals surface area (Å²) < 4.78 is 23.3. The molecule has 0 aromatic heterocycles. The van der Waals surface area contributed by atoms with Gasteiger partial charge in [0.25, 0.3) is 0 Å². The maximum atomic E-state index is 10.9. The van der Waals surface area contributed by atoms with Gasteiger partial charge in [0.1, 0.15) is 0 Å². The van der Waals surface area contributed by atoms with Crippen LogP contribution in [0, 0.1) is 0 Å². The zero-order valence-electron chi connectivity index (χ0n) is 8.67. The van der Waals surface area contributed by atoms with E-state index in [1.54, 1.807) is 0 Å². The maximum absolute atomic E-state index is 10.9. The first-order valence-electron chi connectivity index (χ1n) is 3.96. The van der Waals surface area contributed by atoms with Crippen molar-refractivity contribution in [2.75, 3.05) is 0 Å². The molecular formula is C8H18NO2S-. The molecule has 0 spiro atoms. The second kappa shape index (κ2) is 3.44. The molecule has 0 aliphatic carbocycles. The third-order valence-corrected chi connectivity index (χ3v) is 2.76. The summed E-state index contributed by atoms with van der Waals surface area (Å²) in [6.45, 7) is 11.3. The summed E-state index contributed by atoms with van der Waals surface area (Å²) in [5.74, 6) is 0. The normalized spacial score (nSPS) is 16.7. The number of rotatable bonds is 1. The van der Waals surface area contributed by atoms with Gasteiger partial charge in [-0.2, -0.15) is 0 Å². The summed E-state index contributed by atoms with van der Waals surface area (Å²) in [5.41, 5.74) is -0.713. The van der Waals surface area contributed by atoms with Crippen LogP contribution in [0.1, 0.15) is 41.5 Å². The highest BCUT2D eigenvalue weighted by Gasteiger charge is 2.32. The van der Waals surface area contributed by atoms with E-state index in [9.17, 15) is 8.76 Å². The van der Waals surface area contributed by atoms with E-state index in [1.807, 2.05) is 41.5 Å². The molecule has 0 saturated carbocycles. The fourth-order valence-corrected chi connectivity index (χ4v) is 2.35. The average molecular weight is 192 g/mol. The monoisotopic (exact) mass is 192 g/mol. The van der Waals surface area contributed by atoms with Crippen LogP contribution < -0.4 is 0 Å². The van der Waals surface area contributed by atoms with Crippen LogP contribution in [0.25, 0.3) is 0 Å². The predicted octanol–water partition coefficient (Wildman–Crippen LogP) is 1.68. The molecule has 0 bridgehead atoms. The topological polar surface area (TPSA) is 43.4 Å². The van der Waals surface area contributed by atoms with E-state index in [1.165, 1.54) is 4.31 Å². The average Bonchev–Trinajstić information content (AvgIpc) is 1.49. The standard InChI is InChI=1S/C8H19NO2S/c1-7(2,3)9(12(10)11)8(4,5)6/h1-6H3,(H,10,11)/p-1. The van der Waals surface area contributed by atoms with Crippen molar-refractivity contribution in [1.82, 2.24) is 4.31 Å². The molecule has 3 nitrogen and oxygen atoms in total. The van der Waals surface area contributed by atoms with Gasteiger partial charge in [-0.15, -0.1) is 0 Å². The van der Waals surface area contributed by atoms with Gasteiger partial charge in [-0.05, 0) is 41.5 Å². The summed E-state index contributed by atoms with van der Waals surface area (Å²) in [6, 6.07) is 0. The Labute approximate surface area is 77.6 Å². The van der Waals surface area contributed by atoms with Gasteiger partial charge in [-0.1, -0.05) is 0 Å². The van der Waals surface area contributed by atoms with E-state index < -0.39 is 11.3 Å². The molecule has 0 N–H and O–H groups in total. The molecule has 0 saturated heterocycles. The number of nitrogens with zero attached hydrogens (tertiary/aromatic N) is 1. The van der Waals surface area contributed by atoms with Crippen LogP contribution in [0.2, 0.25) is 0 Å². The van der Waals surface area contributed by atoms with Crippen molar-refractivity contribution in [1.29, 1.82) is 0 Å². The summed E-state index contributed by atoms with van der Waals surface area (Å²) >= 11 is -2.16. The van der Waals surface area contributed by atoms with Gasteiger partial charge in [0.05, 0.1) is 0 Å². The van der Waals surface area contributed by atoms with E-state index >= 15 is 0 Å². The van der Waals surface area contributed by atoms with Crippen LogP contribution in [0.15, 0.2) is 0 Å². The molecule has 1 unspecified atom stereocenters. The first-order valence-corrected chi connectivity index (χ1v) is 4.99. The smallest absolute Gasteiger partial charge is 0.0247 e. The fourth-order valence-electron chi connectivity index (χ4n) is 1.45. The molecule has 4 heteroatoms. The molecule has 0 aromatic rings. The summed E-state index contributed by atoms with van der Waals surface area (Å²) in [4.78, 5) is 0. The highest BCUT2D eigenvalue weighted by atomic mass is 32.2. The van der Waals surface area contributed by atoms with E-state index in [0.717, 1.165) is 0 Å². The Hall–Kier alpha value is 0.0700. The Morgan fingerprint density at radius 2 is 1.25 bits per heavy atom. The molecule has 1 atom stereocenters. The lowest BCUT2D eigenvalue weighted by Gasteiger charge is -2.45. The Balaban J connectivity index is 4.82. The van der Waals surface area contributed by atoms with Crippen LogP contribution in [0.3, 0.4) is 0 Å². The number of hydrogen-bond donors (Lipinski definition) is 0. The Morgan fingerprint density at radius 3 is 1.25 bits per heavy atom. The Kier molecular flexibility index (Phi) is 3.46. The van der Waals surface area contributed by atoms with Crippen molar-refractivity contribution in [3.63, 3.8) is 0 Å². The van der Waals surface area contributed by atoms with E-state index in [2.05, 4.69) is 0 Å². The molecule has 0 aliphatic heterocycles. The maximum Gasteiger partial charge on any atom is 0.0247 e. The minimum atomic E-state index is -2.16. The molecular weight excluding hydrogens is 174 g/mol. The highest BCUT2D eigenvalue weighted by molar-refractivity contribution is 7.76. The zero-order valence-corrected chi connectivity index (χ0v) is 9.49. The van der Waals surface area contributed by atoms with Gasteiger partial charge in [0.2, 0.25) is 0 Å². The van der Waals surface area contributed by atoms with Crippen molar-refractivity contribution in [2.24, 2.45) is 0 Å². The van der Waals surface area contributed by atoms with Crippen molar-refractivity contribution in [2.45, 2.75) is 52.6 Å². The van der Waals surface area contributed by atoms with Gasteiger partial charge >= 0.3 is 0 Å². The fraction of sp³-hybridized carbons (Fsp3) is 1.00. The van der Waals surface area contributed by atoms with E-state index in [0.29, 0.717) is 0 Å². The second-order valence-corrected chi connectivity index (χ2v) is 5.65. The number of hydrogen-bond acceptors (Lipinski definition) is 2. The van der Waals surface area contributed by atoms with Gasteiger partial charge in [-0.3, -0.25) is 4.21 Å². The van der Waals surface area contributed by atoms with E-state index in [-0.39, 0.29) is 11.1 Å². The van der Waals surface area contributed by atoms with Crippen molar-refractivity contribution < 1.29 is 8.76 Å². The van der Waals surface area contributed by atoms with Crippen molar-refractivity contribution in [3.8, 4) is 0 Å². The Bertz CT molecular complexity index is 164. The Morgan fingerprint density at radius 1 is 1.00 bits per heavy atom. The van der Waals surface area contributed by atoms with Crippen LogP contribution in [0.4, 0.5) is 0 Å². The summed E-state index contributed by atoms with van der Waals surface area (Å²) in [7, 11) is 0. The molecule has 74 valence electrons. The van der Waals surface area contributed by atoms with Gasteiger partial charge in [0, 0.05) is 22.3 Å². The molecule has 0 aromatic carbocycles. The minimum Gasteiger partial charge on any atom is -0.760 e. The van der Waals surface area contributed by atoms with E-state index in [4.69, 9.17) is 0 Å². The minimum absolute atomic E-state index is 0.356. The first-order chi connectivity index (χ1) is 5.07. The molecule has 0 rings (SSSR count). The largest absolute Gasteiger partial charge is 0.760 e. The van der Waals surface area contributed by atoms with Crippen LogP contribution in [0.5, 0.6) is 0 Å². The van der Waals surface area contributed by atoms with Crippen LogP contribution >= 0.6 is 0 Å². The first kappa shape index (κ1) is 12.1. The third-order valence-electron chi connectivity index (χ3n) is 1.37. The molecule has 0 heterocycles. The molecule has 12 heavy (non-hydrogen) atoms. The summed E-state index contributed by atoms with van der Waals surface area (Å²) in [5, 5.41) is 0. The van der Waals surface area contributed by atoms with Gasteiger partial charge in [-0.25, -0.2) is 4.31 Å². The molecule has 0 aliphatic rings. The predicted molar refractivity (Wildman–Crippen MR) is 50.3 cm³/mol. The lowest BCUT2D eigenvalue weighted by Crippen LogP contribution is -2.53. The van der Waals surface area contributed by atoms with Crippen molar-refractivity contribution >= 4 is 11.3 Å². The highest BCUT2D eigenvalue weighted by Crippen LogP contribution is 2.25. The molecule has 0 amide bonds. The lowest BCUT2D eigenvalue weighted by molar-refractivity contribution is 0.136. The zero-order chi connectivity index (χ0) is 10.2. The van der Waals surface area contributed by atoms with Gasteiger partial charge in [0.15, 0.2) is 0 Å². The second-order valence-electron chi connectivity index (χ2n) is 4.85.